The molecule has 0 N–H and O–H groups in total. The van der Waals surface area contributed by atoms with E-state index in [1.807, 2.05) is 26.0 Å². The Morgan fingerprint density at radius 2 is 1.48 bits per heavy atom. The highest BCUT2D eigenvalue weighted by molar-refractivity contribution is 6.30. The van der Waals surface area contributed by atoms with Crippen LogP contribution in [-0.4, -0.2) is 9.13 Å². The molecule has 0 spiro atoms. The average Bonchev–Trinajstić information content (AvgIpc) is 2.47. The van der Waals surface area contributed by atoms with Crippen LogP contribution in [0.1, 0.15) is 52.0 Å². The van der Waals surface area contributed by atoms with Crippen molar-refractivity contribution in [2.24, 2.45) is 0 Å². The van der Waals surface area contributed by atoms with Crippen molar-refractivity contribution in [3.8, 4) is 0 Å². The van der Waals surface area contributed by atoms with E-state index in [0.717, 1.165) is 30.3 Å². The molecule has 0 saturated carbocycles. The predicted octanol–water partition coefficient (Wildman–Crippen LogP) is 3.77. The SMILES string of the molecule is CCCC=Cn1c(Cl)c(CC)c(=O)n(C=CCCC)c1=O. The van der Waals surface area contributed by atoms with Crippen LogP contribution in [0, 0.1) is 0 Å². The fraction of sp³-hybridized carbons (Fsp3) is 0.500. The van der Waals surface area contributed by atoms with Gasteiger partial charge in [-0.2, -0.15) is 0 Å². The molecule has 1 aromatic rings. The summed E-state index contributed by atoms with van der Waals surface area (Å²) in [6.45, 7) is 5.95. The smallest absolute Gasteiger partial charge is 0.268 e. The third-order valence-electron chi connectivity index (χ3n) is 3.12. The Kier molecular flexibility index (Phi) is 7.23. The minimum atomic E-state index is -0.429. The molecule has 1 aromatic heterocycles. The maximum atomic E-state index is 12.4. The minimum Gasteiger partial charge on any atom is -0.268 e. The van der Waals surface area contributed by atoms with E-state index in [2.05, 4.69) is 6.92 Å². The Hall–Kier alpha value is -1.55. The van der Waals surface area contributed by atoms with E-state index in [0.29, 0.717) is 12.0 Å². The van der Waals surface area contributed by atoms with E-state index < -0.39 is 5.69 Å². The van der Waals surface area contributed by atoms with E-state index in [1.165, 1.54) is 4.57 Å². The Labute approximate surface area is 130 Å². The van der Waals surface area contributed by atoms with Crippen molar-refractivity contribution in [2.45, 2.75) is 52.9 Å². The molecule has 1 heterocycles. The monoisotopic (exact) mass is 310 g/mol. The summed E-state index contributed by atoms with van der Waals surface area (Å²) in [5.41, 5.74) is -0.305. The number of halogens is 1. The lowest BCUT2D eigenvalue weighted by Crippen LogP contribution is -2.38. The maximum Gasteiger partial charge on any atom is 0.340 e. The number of unbranched alkanes of at least 4 members (excludes halogenated alkanes) is 2. The molecule has 0 aliphatic carbocycles. The molecular formula is C16H23ClN2O2. The highest BCUT2D eigenvalue weighted by atomic mass is 35.5. The van der Waals surface area contributed by atoms with Crippen molar-refractivity contribution in [3.05, 3.63) is 43.7 Å². The molecule has 21 heavy (non-hydrogen) atoms. The summed E-state index contributed by atoms with van der Waals surface area (Å²) in [7, 11) is 0. The van der Waals surface area contributed by atoms with Crippen LogP contribution in [0.4, 0.5) is 0 Å². The van der Waals surface area contributed by atoms with Crippen LogP contribution in [0.15, 0.2) is 21.7 Å². The molecule has 0 unspecified atom stereocenters. The number of hydrogen-bond acceptors (Lipinski definition) is 2. The summed E-state index contributed by atoms with van der Waals surface area (Å²) in [4.78, 5) is 24.7. The van der Waals surface area contributed by atoms with Crippen LogP contribution in [0.3, 0.4) is 0 Å². The zero-order valence-electron chi connectivity index (χ0n) is 12.9. The highest BCUT2D eigenvalue weighted by Gasteiger charge is 2.13. The van der Waals surface area contributed by atoms with E-state index in [-0.39, 0.29) is 10.7 Å². The van der Waals surface area contributed by atoms with Crippen LogP contribution in [0.25, 0.3) is 12.4 Å². The van der Waals surface area contributed by atoms with Gasteiger partial charge in [-0.25, -0.2) is 9.36 Å². The number of aromatic nitrogens is 2. The average molecular weight is 311 g/mol. The van der Waals surface area contributed by atoms with Crippen LogP contribution >= 0.6 is 11.6 Å². The molecule has 0 aliphatic heterocycles. The molecule has 4 nitrogen and oxygen atoms in total. The number of rotatable bonds is 7. The lowest BCUT2D eigenvalue weighted by molar-refractivity contribution is 0.818. The molecule has 0 bridgehead atoms. The Balaban J connectivity index is 3.47. The first kappa shape index (κ1) is 17.5. The Morgan fingerprint density at radius 3 is 1.95 bits per heavy atom. The maximum absolute atomic E-state index is 12.4. The van der Waals surface area contributed by atoms with Gasteiger partial charge in [0.15, 0.2) is 0 Å². The van der Waals surface area contributed by atoms with E-state index in [4.69, 9.17) is 11.6 Å². The second-order valence-electron chi connectivity index (χ2n) is 4.80. The van der Waals surface area contributed by atoms with Gasteiger partial charge in [0, 0.05) is 12.4 Å². The molecule has 0 aromatic carbocycles. The quantitative estimate of drug-likeness (QED) is 0.720. The van der Waals surface area contributed by atoms with E-state index in [9.17, 15) is 9.59 Å². The number of hydrogen-bond donors (Lipinski definition) is 0. The van der Waals surface area contributed by atoms with Gasteiger partial charge in [-0.3, -0.25) is 9.36 Å². The van der Waals surface area contributed by atoms with Crippen molar-refractivity contribution in [1.29, 1.82) is 0 Å². The highest BCUT2D eigenvalue weighted by Crippen LogP contribution is 2.11. The lowest BCUT2D eigenvalue weighted by atomic mass is 10.2. The Morgan fingerprint density at radius 1 is 0.952 bits per heavy atom. The first-order chi connectivity index (χ1) is 10.1. The van der Waals surface area contributed by atoms with Gasteiger partial charge in [0.25, 0.3) is 5.56 Å². The summed E-state index contributed by atoms with van der Waals surface area (Å²) < 4.78 is 2.48. The predicted molar refractivity (Wildman–Crippen MR) is 89.8 cm³/mol. The summed E-state index contributed by atoms with van der Waals surface area (Å²) in [6.07, 6.45) is 11.0. The van der Waals surface area contributed by atoms with E-state index in [1.54, 1.807) is 12.4 Å². The third-order valence-corrected chi connectivity index (χ3v) is 3.53. The van der Waals surface area contributed by atoms with E-state index >= 15 is 0 Å². The molecule has 0 amide bonds. The first-order valence-corrected chi connectivity index (χ1v) is 7.84. The van der Waals surface area contributed by atoms with Gasteiger partial charge in [-0.1, -0.05) is 57.4 Å². The van der Waals surface area contributed by atoms with Crippen molar-refractivity contribution in [2.75, 3.05) is 0 Å². The summed E-state index contributed by atoms with van der Waals surface area (Å²) in [5, 5.41) is 0.208. The summed E-state index contributed by atoms with van der Waals surface area (Å²) in [5.74, 6) is 0. The lowest BCUT2D eigenvalue weighted by Gasteiger charge is -2.10. The van der Waals surface area contributed by atoms with Crippen LogP contribution in [0.2, 0.25) is 5.15 Å². The summed E-state index contributed by atoms with van der Waals surface area (Å²) in [6, 6.07) is 0. The second-order valence-corrected chi connectivity index (χ2v) is 5.16. The number of allylic oxidation sites excluding steroid dienone is 2. The minimum absolute atomic E-state index is 0.208. The normalized spacial score (nSPS) is 11.8. The topological polar surface area (TPSA) is 44.0 Å². The fourth-order valence-electron chi connectivity index (χ4n) is 1.92. The Bertz CT molecular complexity index is 639. The molecule has 1 rings (SSSR count). The van der Waals surface area contributed by atoms with Gasteiger partial charge in [0.05, 0.1) is 5.56 Å². The molecular weight excluding hydrogens is 288 g/mol. The van der Waals surface area contributed by atoms with Gasteiger partial charge < -0.3 is 0 Å². The van der Waals surface area contributed by atoms with Crippen molar-refractivity contribution in [1.82, 2.24) is 9.13 Å². The van der Waals surface area contributed by atoms with Crippen molar-refractivity contribution < 1.29 is 0 Å². The molecule has 5 heteroatoms. The zero-order chi connectivity index (χ0) is 15.8. The van der Waals surface area contributed by atoms with Gasteiger partial charge >= 0.3 is 5.69 Å². The largest absolute Gasteiger partial charge is 0.340 e. The zero-order valence-corrected chi connectivity index (χ0v) is 13.7. The van der Waals surface area contributed by atoms with Gasteiger partial charge in [-0.15, -0.1) is 0 Å². The van der Waals surface area contributed by atoms with Crippen LogP contribution in [0.5, 0.6) is 0 Å². The van der Waals surface area contributed by atoms with Gasteiger partial charge in [0.2, 0.25) is 0 Å². The van der Waals surface area contributed by atoms with Crippen molar-refractivity contribution in [3.63, 3.8) is 0 Å². The van der Waals surface area contributed by atoms with Crippen molar-refractivity contribution >= 4 is 24.0 Å². The van der Waals surface area contributed by atoms with Crippen LogP contribution < -0.4 is 11.2 Å². The van der Waals surface area contributed by atoms with Gasteiger partial charge in [0.1, 0.15) is 5.15 Å². The first-order valence-electron chi connectivity index (χ1n) is 7.47. The standard InChI is InChI=1S/C16H23ClN2O2/c1-4-7-9-11-18-14(17)13(6-3)15(20)19(16(18)21)12-10-8-5-2/h9-12H,4-8H2,1-3H3. The number of nitrogens with zero attached hydrogens (tertiary/aromatic N) is 2. The fourth-order valence-corrected chi connectivity index (χ4v) is 2.26. The second kappa shape index (κ2) is 8.67. The van der Waals surface area contributed by atoms with Crippen LogP contribution in [-0.2, 0) is 6.42 Å². The molecule has 116 valence electrons. The molecule has 0 saturated heterocycles. The van der Waals surface area contributed by atoms with Gasteiger partial charge in [-0.05, 0) is 19.3 Å². The molecule has 0 radical (unpaired) electrons. The summed E-state index contributed by atoms with van der Waals surface area (Å²) >= 11 is 6.21. The third kappa shape index (κ3) is 4.21. The molecule has 0 atom stereocenters. The molecule has 0 fully saturated rings. The molecule has 0 aliphatic rings.